The minimum atomic E-state index is -3.95. The molecule has 4 rings (SSSR count). The van der Waals surface area contributed by atoms with Gasteiger partial charge in [0.25, 0.3) is 10.0 Å². The maximum atomic E-state index is 14.0. The van der Waals surface area contributed by atoms with Gasteiger partial charge in [-0.05, 0) is 49.4 Å². The molecule has 32 heavy (non-hydrogen) atoms. The summed E-state index contributed by atoms with van der Waals surface area (Å²) in [6.07, 6.45) is 0. The molecule has 6 nitrogen and oxygen atoms in total. The third-order valence-electron chi connectivity index (χ3n) is 4.59. The first-order chi connectivity index (χ1) is 15.3. The van der Waals surface area contributed by atoms with Gasteiger partial charge in [0.2, 0.25) is 5.91 Å². The highest BCUT2D eigenvalue weighted by Gasteiger charge is 2.25. The van der Waals surface area contributed by atoms with Crippen molar-refractivity contribution in [2.24, 2.45) is 0 Å². The lowest BCUT2D eigenvalue weighted by atomic mass is 10.2. The van der Waals surface area contributed by atoms with Gasteiger partial charge in [0, 0.05) is 4.47 Å². The minimum Gasteiger partial charge on any atom is -0.323 e. The summed E-state index contributed by atoms with van der Waals surface area (Å²) in [5.41, 5.74) is 1.88. The van der Waals surface area contributed by atoms with Crippen molar-refractivity contribution in [1.29, 1.82) is 0 Å². The van der Waals surface area contributed by atoms with Crippen LogP contribution in [0.25, 0.3) is 11.0 Å². The lowest BCUT2D eigenvalue weighted by Gasteiger charge is -2.11. The van der Waals surface area contributed by atoms with E-state index in [4.69, 9.17) is 0 Å². The number of benzene rings is 3. The number of nitrogens with one attached hydrogen (secondary N) is 1. The number of carbonyl (C=O) groups is 1. The molecule has 164 valence electrons. The Balaban J connectivity index is 1.64. The van der Waals surface area contributed by atoms with Crippen LogP contribution in [0.15, 0.2) is 81.3 Å². The Labute approximate surface area is 197 Å². The van der Waals surface area contributed by atoms with Crippen LogP contribution in [0.3, 0.4) is 0 Å². The van der Waals surface area contributed by atoms with Gasteiger partial charge in [-0.15, -0.1) is 0 Å². The number of hydrogen-bond donors (Lipinski definition) is 1. The highest BCUT2D eigenvalue weighted by Crippen LogP contribution is 2.29. The fraction of sp³-hybridized carbons (Fsp3) is 0.0909. The van der Waals surface area contributed by atoms with Crippen LogP contribution in [0, 0.1) is 12.7 Å². The van der Waals surface area contributed by atoms with Crippen molar-refractivity contribution < 1.29 is 17.6 Å². The highest BCUT2D eigenvalue weighted by molar-refractivity contribution is 9.10. The SMILES string of the molecule is Cc1ccc(S(=O)(=O)n2c(SCC(=O)Nc3ccc(Br)cc3F)nc3ccccc32)cc1. The minimum absolute atomic E-state index is 0.0413. The van der Waals surface area contributed by atoms with Gasteiger partial charge in [-0.3, -0.25) is 4.79 Å². The fourth-order valence-electron chi connectivity index (χ4n) is 3.03. The summed E-state index contributed by atoms with van der Waals surface area (Å²) < 4.78 is 42.5. The van der Waals surface area contributed by atoms with Crippen molar-refractivity contribution in [2.45, 2.75) is 17.0 Å². The first-order valence-electron chi connectivity index (χ1n) is 9.43. The molecule has 0 saturated heterocycles. The second kappa shape index (κ2) is 9.05. The number of thioether (sulfide) groups is 1. The van der Waals surface area contributed by atoms with E-state index in [1.54, 1.807) is 42.5 Å². The standard InChI is InChI=1S/C22H17BrFN3O3S2/c1-14-6-9-16(10-7-14)32(29,30)27-20-5-3-2-4-19(20)26-22(27)31-13-21(28)25-18-11-8-15(23)12-17(18)24/h2-12H,13H2,1H3,(H,25,28). The lowest BCUT2D eigenvalue weighted by molar-refractivity contribution is -0.113. The third-order valence-corrected chi connectivity index (χ3v) is 7.85. The van der Waals surface area contributed by atoms with E-state index >= 15 is 0 Å². The predicted octanol–water partition coefficient (Wildman–Crippen LogP) is 5.21. The predicted molar refractivity (Wildman–Crippen MR) is 127 cm³/mol. The van der Waals surface area contributed by atoms with Gasteiger partial charge in [0.15, 0.2) is 5.16 Å². The summed E-state index contributed by atoms with van der Waals surface area (Å²) in [6, 6.07) is 17.7. The topological polar surface area (TPSA) is 81.1 Å². The molecule has 1 heterocycles. The molecular weight excluding hydrogens is 517 g/mol. The average molecular weight is 534 g/mol. The number of nitrogens with zero attached hydrogens (tertiary/aromatic N) is 2. The molecule has 0 radical (unpaired) electrons. The van der Waals surface area contributed by atoms with Crippen LogP contribution < -0.4 is 5.32 Å². The number of para-hydroxylation sites is 2. The quantitative estimate of drug-likeness (QED) is 0.344. The zero-order valence-electron chi connectivity index (χ0n) is 16.7. The van der Waals surface area contributed by atoms with Crippen molar-refractivity contribution >= 4 is 60.3 Å². The number of imidazole rings is 1. The van der Waals surface area contributed by atoms with Crippen molar-refractivity contribution in [3.8, 4) is 0 Å². The number of hydrogen-bond acceptors (Lipinski definition) is 5. The Morgan fingerprint density at radius 3 is 2.56 bits per heavy atom. The molecule has 0 aliphatic heterocycles. The van der Waals surface area contributed by atoms with E-state index in [-0.39, 0.29) is 21.5 Å². The molecule has 3 aromatic carbocycles. The average Bonchev–Trinajstić information content (AvgIpc) is 3.14. The molecule has 10 heteroatoms. The first kappa shape index (κ1) is 22.5. The smallest absolute Gasteiger partial charge is 0.270 e. The molecule has 0 aliphatic carbocycles. The summed E-state index contributed by atoms with van der Waals surface area (Å²) in [4.78, 5) is 16.9. The lowest BCUT2D eigenvalue weighted by Crippen LogP contribution is -2.17. The molecule has 1 N–H and O–H groups in total. The van der Waals surface area contributed by atoms with Gasteiger partial charge in [-0.2, -0.15) is 0 Å². The summed E-state index contributed by atoms with van der Waals surface area (Å²) in [5.74, 6) is -1.21. The van der Waals surface area contributed by atoms with E-state index < -0.39 is 21.7 Å². The van der Waals surface area contributed by atoms with Crippen molar-refractivity contribution in [1.82, 2.24) is 8.96 Å². The molecule has 0 fully saturated rings. The van der Waals surface area contributed by atoms with E-state index in [0.29, 0.717) is 15.5 Å². The van der Waals surface area contributed by atoms with Crippen molar-refractivity contribution in [2.75, 3.05) is 11.1 Å². The zero-order chi connectivity index (χ0) is 22.9. The van der Waals surface area contributed by atoms with Gasteiger partial charge in [-0.25, -0.2) is 21.8 Å². The largest absolute Gasteiger partial charge is 0.323 e. The summed E-state index contributed by atoms with van der Waals surface area (Å²) in [5, 5.41) is 2.65. The van der Waals surface area contributed by atoms with Crippen LogP contribution >= 0.6 is 27.7 Å². The van der Waals surface area contributed by atoms with Gasteiger partial charge in [-0.1, -0.05) is 57.5 Å². The number of fused-ring (bicyclic) bond motifs is 1. The van der Waals surface area contributed by atoms with E-state index in [1.165, 1.54) is 24.3 Å². The van der Waals surface area contributed by atoms with Crippen molar-refractivity contribution in [3.63, 3.8) is 0 Å². The molecular formula is C22H17BrFN3O3S2. The van der Waals surface area contributed by atoms with Crippen LogP contribution in [0.4, 0.5) is 10.1 Å². The summed E-state index contributed by atoms with van der Waals surface area (Å²) >= 11 is 4.13. The third kappa shape index (κ3) is 4.57. The highest BCUT2D eigenvalue weighted by atomic mass is 79.9. The number of amides is 1. The van der Waals surface area contributed by atoms with Gasteiger partial charge >= 0.3 is 0 Å². The van der Waals surface area contributed by atoms with E-state index in [1.807, 2.05) is 6.92 Å². The number of aryl methyl sites for hydroxylation is 1. The molecule has 0 aliphatic rings. The number of aromatic nitrogens is 2. The number of rotatable bonds is 6. The Morgan fingerprint density at radius 1 is 1.12 bits per heavy atom. The first-order valence-corrected chi connectivity index (χ1v) is 12.6. The Hall–Kier alpha value is -2.69. The van der Waals surface area contributed by atoms with Gasteiger partial charge in [0.1, 0.15) is 5.82 Å². The number of anilines is 1. The normalized spacial score (nSPS) is 11.6. The second-order valence-electron chi connectivity index (χ2n) is 6.93. The molecule has 0 unspecified atom stereocenters. The fourth-order valence-corrected chi connectivity index (χ4v) is 5.88. The van der Waals surface area contributed by atoms with Crippen LogP contribution in [-0.4, -0.2) is 29.0 Å². The molecule has 0 atom stereocenters. The van der Waals surface area contributed by atoms with E-state index in [2.05, 4.69) is 26.2 Å². The molecule has 0 saturated carbocycles. The Bertz CT molecular complexity index is 1420. The summed E-state index contributed by atoms with van der Waals surface area (Å²) in [7, 11) is -3.95. The van der Waals surface area contributed by atoms with Crippen LogP contribution in [0.5, 0.6) is 0 Å². The van der Waals surface area contributed by atoms with Gasteiger partial charge in [0.05, 0.1) is 27.4 Å². The number of carbonyl (C=O) groups excluding carboxylic acids is 1. The Kier molecular flexibility index (Phi) is 6.36. The molecule has 1 aromatic heterocycles. The second-order valence-corrected chi connectivity index (χ2v) is 10.6. The molecule has 0 bridgehead atoms. The van der Waals surface area contributed by atoms with Gasteiger partial charge < -0.3 is 5.32 Å². The number of halogens is 2. The zero-order valence-corrected chi connectivity index (χ0v) is 20.0. The summed E-state index contributed by atoms with van der Waals surface area (Å²) in [6.45, 7) is 1.87. The van der Waals surface area contributed by atoms with Crippen molar-refractivity contribution in [3.05, 3.63) is 82.6 Å². The van der Waals surface area contributed by atoms with E-state index in [9.17, 15) is 17.6 Å². The Morgan fingerprint density at radius 2 is 1.84 bits per heavy atom. The maximum absolute atomic E-state index is 14.0. The van der Waals surface area contributed by atoms with Crippen LogP contribution in [-0.2, 0) is 14.8 Å². The molecule has 1 amide bonds. The van der Waals surface area contributed by atoms with E-state index in [0.717, 1.165) is 21.3 Å². The van der Waals surface area contributed by atoms with Crippen LogP contribution in [0.1, 0.15) is 5.56 Å². The molecule has 4 aromatic rings. The molecule has 0 spiro atoms. The van der Waals surface area contributed by atoms with Crippen LogP contribution in [0.2, 0.25) is 0 Å². The monoisotopic (exact) mass is 533 g/mol. The maximum Gasteiger partial charge on any atom is 0.270 e.